The molecule has 2 aromatic rings. The van der Waals surface area contributed by atoms with Gasteiger partial charge in [-0.15, -0.1) is 0 Å². The quantitative estimate of drug-likeness (QED) is 0.842. The first-order chi connectivity index (χ1) is 11.0. The van der Waals surface area contributed by atoms with Gasteiger partial charge in [0.05, 0.1) is 5.56 Å². The van der Waals surface area contributed by atoms with E-state index in [0.29, 0.717) is 6.54 Å². The summed E-state index contributed by atoms with van der Waals surface area (Å²) in [4.78, 5) is 4.62. The molecule has 0 radical (unpaired) electrons. The van der Waals surface area contributed by atoms with Crippen molar-refractivity contribution in [3.63, 3.8) is 0 Å². The summed E-state index contributed by atoms with van der Waals surface area (Å²) in [5.74, 6) is 0. The molecule has 0 saturated carbocycles. The largest absolute Gasteiger partial charge is 0.416 e. The lowest BCUT2D eigenvalue weighted by molar-refractivity contribution is -0.137. The molecule has 1 fully saturated rings. The Morgan fingerprint density at radius 3 is 1.96 bits per heavy atom. The lowest BCUT2D eigenvalue weighted by Crippen LogP contribution is -2.45. The first-order valence-corrected chi connectivity index (χ1v) is 7.71. The van der Waals surface area contributed by atoms with Gasteiger partial charge in [-0.1, -0.05) is 30.3 Å². The predicted molar refractivity (Wildman–Crippen MR) is 85.4 cm³/mol. The summed E-state index contributed by atoms with van der Waals surface area (Å²) in [5.41, 5.74) is 1.56. The number of rotatable bonds is 3. The van der Waals surface area contributed by atoms with E-state index in [1.54, 1.807) is 12.1 Å². The Morgan fingerprint density at radius 1 is 0.783 bits per heavy atom. The molecule has 1 aliphatic rings. The summed E-state index contributed by atoms with van der Waals surface area (Å²) in [6.45, 7) is 4.39. The molecule has 23 heavy (non-hydrogen) atoms. The molecule has 0 aromatic heterocycles. The van der Waals surface area contributed by atoms with Gasteiger partial charge >= 0.3 is 6.18 Å². The topological polar surface area (TPSA) is 6.48 Å². The number of hydrogen-bond donors (Lipinski definition) is 0. The highest BCUT2D eigenvalue weighted by Gasteiger charge is 2.30. The van der Waals surface area contributed by atoms with E-state index in [2.05, 4.69) is 21.9 Å². The molecule has 0 bridgehead atoms. The fourth-order valence-corrected chi connectivity index (χ4v) is 2.86. The van der Waals surface area contributed by atoms with Gasteiger partial charge in [0.15, 0.2) is 0 Å². The molecule has 122 valence electrons. The van der Waals surface area contributed by atoms with Crippen LogP contribution in [-0.2, 0) is 12.7 Å². The minimum absolute atomic E-state index is 0.588. The van der Waals surface area contributed by atoms with Crippen LogP contribution in [0.15, 0.2) is 54.6 Å². The molecule has 0 aliphatic carbocycles. The molecule has 0 spiro atoms. The number of para-hydroxylation sites is 1. The minimum Gasteiger partial charge on any atom is -0.369 e. The minimum atomic E-state index is -4.26. The Kier molecular flexibility index (Phi) is 4.57. The summed E-state index contributed by atoms with van der Waals surface area (Å²) in [6.07, 6.45) is -4.26. The van der Waals surface area contributed by atoms with E-state index in [4.69, 9.17) is 0 Å². The molecule has 1 heterocycles. The van der Waals surface area contributed by atoms with Crippen LogP contribution in [0.5, 0.6) is 0 Å². The van der Waals surface area contributed by atoms with Crippen LogP contribution in [0.1, 0.15) is 11.1 Å². The summed E-state index contributed by atoms with van der Waals surface area (Å²) in [7, 11) is 0. The van der Waals surface area contributed by atoms with Gasteiger partial charge in [0.1, 0.15) is 0 Å². The Balaban J connectivity index is 1.55. The Hall–Kier alpha value is -2.01. The smallest absolute Gasteiger partial charge is 0.369 e. The van der Waals surface area contributed by atoms with E-state index in [1.165, 1.54) is 5.69 Å². The highest BCUT2D eigenvalue weighted by atomic mass is 19.4. The van der Waals surface area contributed by atoms with E-state index >= 15 is 0 Å². The number of halogens is 3. The molecule has 2 nitrogen and oxygen atoms in total. The summed E-state index contributed by atoms with van der Waals surface area (Å²) in [5, 5.41) is 0. The summed E-state index contributed by atoms with van der Waals surface area (Å²) in [6, 6.07) is 15.7. The molecular weight excluding hydrogens is 301 g/mol. The first kappa shape index (κ1) is 15.9. The maximum atomic E-state index is 12.6. The maximum Gasteiger partial charge on any atom is 0.416 e. The molecule has 1 saturated heterocycles. The highest BCUT2D eigenvalue weighted by Crippen LogP contribution is 2.29. The molecule has 0 unspecified atom stereocenters. The molecule has 0 amide bonds. The fourth-order valence-electron chi connectivity index (χ4n) is 2.86. The van der Waals surface area contributed by atoms with Crippen LogP contribution in [0, 0.1) is 0 Å². The van der Waals surface area contributed by atoms with Gasteiger partial charge in [0.2, 0.25) is 0 Å². The third kappa shape index (κ3) is 4.05. The Labute approximate surface area is 134 Å². The Morgan fingerprint density at radius 2 is 1.39 bits per heavy atom. The van der Waals surface area contributed by atoms with Crippen molar-refractivity contribution in [3.8, 4) is 0 Å². The molecular formula is C18H19F3N2. The molecule has 0 atom stereocenters. The van der Waals surface area contributed by atoms with Gasteiger partial charge in [-0.05, 0) is 29.8 Å². The average Bonchev–Trinajstić information content (AvgIpc) is 2.56. The maximum absolute atomic E-state index is 12.6. The molecule has 5 heteroatoms. The van der Waals surface area contributed by atoms with Crippen LogP contribution in [-0.4, -0.2) is 31.1 Å². The van der Waals surface area contributed by atoms with Crippen molar-refractivity contribution < 1.29 is 13.2 Å². The zero-order valence-corrected chi connectivity index (χ0v) is 12.8. The number of nitrogens with zero attached hydrogens (tertiary/aromatic N) is 2. The van der Waals surface area contributed by atoms with Gasteiger partial charge in [-0.3, -0.25) is 4.90 Å². The van der Waals surface area contributed by atoms with Crippen molar-refractivity contribution in [1.82, 2.24) is 4.90 Å². The standard InChI is InChI=1S/C18H19F3N2/c19-18(20,21)16-8-6-15(7-9-16)14-22-10-12-23(13-11-22)17-4-2-1-3-5-17/h1-9H,10-14H2. The average molecular weight is 320 g/mol. The number of anilines is 1. The number of piperazine rings is 1. The third-order valence-electron chi connectivity index (χ3n) is 4.18. The summed E-state index contributed by atoms with van der Waals surface area (Å²) < 4.78 is 37.7. The third-order valence-corrected chi connectivity index (χ3v) is 4.18. The molecule has 2 aromatic carbocycles. The van der Waals surface area contributed by atoms with Crippen molar-refractivity contribution in [1.29, 1.82) is 0 Å². The zero-order valence-electron chi connectivity index (χ0n) is 12.8. The van der Waals surface area contributed by atoms with Crippen LogP contribution in [0.25, 0.3) is 0 Å². The van der Waals surface area contributed by atoms with Crippen LogP contribution in [0.3, 0.4) is 0 Å². The fraction of sp³-hybridized carbons (Fsp3) is 0.333. The number of hydrogen-bond acceptors (Lipinski definition) is 2. The van der Waals surface area contributed by atoms with Crippen molar-refractivity contribution in [2.75, 3.05) is 31.1 Å². The van der Waals surface area contributed by atoms with Crippen LogP contribution in [0.2, 0.25) is 0 Å². The Bertz CT molecular complexity index is 615. The van der Waals surface area contributed by atoms with E-state index in [1.807, 2.05) is 18.2 Å². The van der Waals surface area contributed by atoms with Crippen molar-refractivity contribution in [3.05, 3.63) is 65.7 Å². The summed E-state index contributed by atoms with van der Waals surface area (Å²) >= 11 is 0. The second-order valence-corrected chi connectivity index (χ2v) is 5.79. The lowest BCUT2D eigenvalue weighted by Gasteiger charge is -2.36. The molecule has 0 N–H and O–H groups in total. The van der Waals surface area contributed by atoms with Gasteiger partial charge in [-0.2, -0.15) is 13.2 Å². The normalized spacial score (nSPS) is 16.6. The molecule has 3 rings (SSSR count). The van der Waals surface area contributed by atoms with Crippen molar-refractivity contribution in [2.45, 2.75) is 12.7 Å². The van der Waals surface area contributed by atoms with Gasteiger partial charge in [-0.25, -0.2) is 0 Å². The number of alkyl halides is 3. The first-order valence-electron chi connectivity index (χ1n) is 7.71. The predicted octanol–water partition coefficient (Wildman–Crippen LogP) is 4.03. The van der Waals surface area contributed by atoms with Crippen LogP contribution < -0.4 is 4.90 Å². The second-order valence-electron chi connectivity index (χ2n) is 5.79. The second kappa shape index (κ2) is 6.62. The van der Waals surface area contributed by atoms with Crippen LogP contribution >= 0.6 is 0 Å². The number of benzene rings is 2. The van der Waals surface area contributed by atoms with Crippen LogP contribution in [0.4, 0.5) is 18.9 Å². The monoisotopic (exact) mass is 320 g/mol. The van der Waals surface area contributed by atoms with Gasteiger partial charge in [0.25, 0.3) is 0 Å². The van der Waals surface area contributed by atoms with E-state index in [-0.39, 0.29) is 0 Å². The van der Waals surface area contributed by atoms with Crippen molar-refractivity contribution in [2.24, 2.45) is 0 Å². The SMILES string of the molecule is FC(F)(F)c1ccc(CN2CCN(c3ccccc3)CC2)cc1. The van der Waals surface area contributed by atoms with E-state index in [0.717, 1.165) is 43.9 Å². The zero-order chi connectivity index (χ0) is 16.3. The lowest BCUT2D eigenvalue weighted by atomic mass is 10.1. The molecule has 1 aliphatic heterocycles. The highest BCUT2D eigenvalue weighted by molar-refractivity contribution is 5.46. The van der Waals surface area contributed by atoms with Gasteiger partial charge < -0.3 is 4.90 Å². The van der Waals surface area contributed by atoms with Crippen molar-refractivity contribution >= 4 is 5.69 Å². The van der Waals surface area contributed by atoms with E-state index in [9.17, 15) is 13.2 Å². The van der Waals surface area contributed by atoms with Gasteiger partial charge in [0, 0.05) is 38.4 Å². The van der Waals surface area contributed by atoms with E-state index < -0.39 is 11.7 Å².